The van der Waals surface area contributed by atoms with E-state index in [0.29, 0.717) is 6.54 Å². The molecule has 1 rings (SSSR count). The van der Waals surface area contributed by atoms with Crippen molar-refractivity contribution in [3.05, 3.63) is 23.9 Å². The lowest BCUT2D eigenvalue weighted by Gasteiger charge is -2.26. The molecule has 0 amide bonds. The number of anilines is 1. The molecule has 0 saturated heterocycles. The third-order valence-corrected chi connectivity index (χ3v) is 2.70. The highest BCUT2D eigenvalue weighted by Crippen LogP contribution is 2.22. The maximum absolute atomic E-state index is 9.30. The van der Waals surface area contributed by atoms with Crippen molar-refractivity contribution in [1.82, 2.24) is 4.98 Å². The molecule has 0 radical (unpaired) electrons. The van der Waals surface area contributed by atoms with Gasteiger partial charge in [-0.2, -0.15) is 0 Å². The van der Waals surface area contributed by atoms with Gasteiger partial charge in [0.1, 0.15) is 5.82 Å². The Bertz CT molecular complexity index is 304. The highest BCUT2D eigenvalue weighted by molar-refractivity contribution is 5.39. The summed E-state index contributed by atoms with van der Waals surface area (Å²) in [6, 6.07) is 3.89. The summed E-state index contributed by atoms with van der Waals surface area (Å²) in [5, 5.41) is 9.30. The first-order valence-electron chi connectivity index (χ1n) is 4.98. The second-order valence-corrected chi connectivity index (χ2v) is 4.22. The Kier molecular flexibility index (Phi) is 3.66. The molecule has 3 N–H and O–H groups in total. The molecule has 0 bridgehead atoms. The highest BCUT2D eigenvalue weighted by Gasteiger charge is 2.24. The first kappa shape index (κ1) is 11.9. The molecule has 4 heteroatoms. The Morgan fingerprint density at radius 1 is 1.47 bits per heavy atom. The summed E-state index contributed by atoms with van der Waals surface area (Å²) in [4.78, 5) is 6.23. The van der Waals surface area contributed by atoms with Gasteiger partial charge in [0.25, 0.3) is 0 Å². The minimum absolute atomic E-state index is 0.0342. The third-order valence-electron chi connectivity index (χ3n) is 2.70. The molecule has 0 spiro atoms. The van der Waals surface area contributed by atoms with Crippen molar-refractivity contribution in [2.24, 2.45) is 5.73 Å². The molecule has 0 aliphatic heterocycles. The second kappa shape index (κ2) is 4.59. The molecular formula is C11H19N3O. The molecule has 0 aromatic carbocycles. The lowest BCUT2D eigenvalue weighted by molar-refractivity contribution is 0.210. The van der Waals surface area contributed by atoms with E-state index in [2.05, 4.69) is 4.98 Å². The average molecular weight is 209 g/mol. The molecule has 0 aliphatic carbocycles. The van der Waals surface area contributed by atoms with Crippen LogP contribution in [-0.2, 0) is 5.41 Å². The first-order valence-corrected chi connectivity index (χ1v) is 4.98. The molecule has 1 heterocycles. The Hall–Kier alpha value is -1.13. The normalized spacial score (nSPS) is 14.7. The van der Waals surface area contributed by atoms with E-state index in [1.54, 1.807) is 6.20 Å². The summed E-state index contributed by atoms with van der Waals surface area (Å²) in [6.45, 7) is 2.37. The minimum atomic E-state index is -0.391. The van der Waals surface area contributed by atoms with Crippen molar-refractivity contribution in [2.75, 3.05) is 32.1 Å². The molecule has 1 unspecified atom stereocenters. The largest absolute Gasteiger partial charge is 0.395 e. The van der Waals surface area contributed by atoms with Crippen molar-refractivity contribution in [1.29, 1.82) is 0 Å². The lowest BCUT2D eigenvalue weighted by atomic mass is 9.84. The highest BCUT2D eigenvalue weighted by atomic mass is 16.3. The van der Waals surface area contributed by atoms with Crippen LogP contribution in [-0.4, -0.2) is 37.3 Å². The van der Waals surface area contributed by atoms with E-state index in [0.717, 1.165) is 11.4 Å². The van der Waals surface area contributed by atoms with Crippen LogP contribution in [0.2, 0.25) is 0 Å². The number of nitrogens with two attached hydrogens (primary N) is 1. The summed E-state index contributed by atoms with van der Waals surface area (Å²) in [7, 11) is 3.88. The van der Waals surface area contributed by atoms with Crippen LogP contribution < -0.4 is 10.6 Å². The Morgan fingerprint density at radius 2 is 2.13 bits per heavy atom. The van der Waals surface area contributed by atoms with E-state index in [9.17, 15) is 5.11 Å². The number of hydrogen-bond donors (Lipinski definition) is 2. The van der Waals surface area contributed by atoms with Gasteiger partial charge in [-0.15, -0.1) is 0 Å². The predicted octanol–water partition coefficient (Wildman–Crippen LogP) is 0.356. The number of nitrogens with zero attached hydrogens (tertiary/aromatic N) is 2. The van der Waals surface area contributed by atoms with Crippen LogP contribution in [0.15, 0.2) is 18.3 Å². The average Bonchev–Trinajstić information content (AvgIpc) is 2.28. The Morgan fingerprint density at radius 3 is 2.47 bits per heavy atom. The van der Waals surface area contributed by atoms with Gasteiger partial charge < -0.3 is 15.7 Å². The number of hydrogen-bond acceptors (Lipinski definition) is 4. The lowest BCUT2D eigenvalue weighted by Crippen LogP contribution is -2.35. The Labute approximate surface area is 90.7 Å². The van der Waals surface area contributed by atoms with Gasteiger partial charge in [-0.05, 0) is 11.6 Å². The zero-order valence-corrected chi connectivity index (χ0v) is 9.57. The predicted molar refractivity (Wildman–Crippen MR) is 62.1 cm³/mol. The summed E-state index contributed by atoms with van der Waals surface area (Å²) < 4.78 is 0. The maximum Gasteiger partial charge on any atom is 0.127 e. The quantitative estimate of drug-likeness (QED) is 0.751. The van der Waals surface area contributed by atoms with Crippen molar-refractivity contribution in [3.8, 4) is 0 Å². The number of aromatic nitrogens is 1. The smallest absolute Gasteiger partial charge is 0.127 e. The SMILES string of the molecule is CN(C)c1ccc(C(C)(CN)CO)cn1. The van der Waals surface area contributed by atoms with Crippen LogP contribution >= 0.6 is 0 Å². The monoisotopic (exact) mass is 209 g/mol. The summed E-state index contributed by atoms with van der Waals surface area (Å²) in [6.07, 6.45) is 1.78. The van der Waals surface area contributed by atoms with E-state index >= 15 is 0 Å². The molecule has 84 valence electrons. The van der Waals surface area contributed by atoms with Gasteiger partial charge >= 0.3 is 0 Å². The number of aliphatic hydroxyl groups is 1. The van der Waals surface area contributed by atoms with Gasteiger partial charge in [-0.25, -0.2) is 4.98 Å². The number of rotatable bonds is 4. The molecule has 0 aliphatic rings. The fourth-order valence-electron chi connectivity index (χ4n) is 1.28. The summed E-state index contributed by atoms with van der Waals surface area (Å²) >= 11 is 0. The van der Waals surface area contributed by atoms with Crippen molar-refractivity contribution in [2.45, 2.75) is 12.3 Å². The minimum Gasteiger partial charge on any atom is -0.395 e. The van der Waals surface area contributed by atoms with E-state index < -0.39 is 5.41 Å². The van der Waals surface area contributed by atoms with Crippen LogP contribution in [0.1, 0.15) is 12.5 Å². The van der Waals surface area contributed by atoms with Gasteiger partial charge in [0.2, 0.25) is 0 Å². The second-order valence-electron chi connectivity index (χ2n) is 4.22. The summed E-state index contributed by atoms with van der Waals surface area (Å²) in [5.74, 6) is 0.899. The zero-order chi connectivity index (χ0) is 11.5. The van der Waals surface area contributed by atoms with Crippen molar-refractivity contribution in [3.63, 3.8) is 0 Å². The number of pyridine rings is 1. The molecule has 1 atom stereocenters. The fraction of sp³-hybridized carbons (Fsp3) is 0.545. The molecule has 0 fully saturated rings. The van der Waals surface area contributed by atoms with Crippen LogP contribution in [0.25, 0.3) is 0 Å². The topological polar surface area (TPSA) is 62.4 Å². The van der Waals surface area contributed by atoms with Gasteiger partial charge in [-0.3, -0.25) is 0 Å². The first-order chi connectivity index (χ1) is 7.03. The van der Waals surface area contributed by atoms with Crippen molar-refractivity contribution >= 4 is 5.82 Å². The van der Waals surface area contributed by atoms with Crippen LogP contribution in [0.5, 0.6) is 0 Å². The van der Waals surface area contributed by atoms with E-state index in [1.165, 1.54) is 0 Å². The third kappa shape index (κ3) is 2.46. The molecule has 4 nitrogen and oxygen atoms in total. The molecule has 1 aromatic rings. The van der Waals surface area contributed by atoms with Gasteiger partial charge in [0.05, 0.1) is 6.61 Å². The Balaban J connectivity index is 2.97. The zero-order valence-electron chi connectivity index (χ0n) is 9.57. The molecule has 1 aromatic heterocycles. The molecular weight excluding hydrogens is 190 g/mol. The van der Waals surface area contributed by atoms with Crippen molar-refractivity contribution < 1.29 is 5.11 Å². The van der Waals surface area contributed by atoms with Crippen LogP contribution in [0.4, 0.5) is 5.82 Å². The molecule has 15 heavy (non-hydrogen) atoms. The standard InChI is InChI=1S/C11H19N3O/c1-11(7-12,8-15)9-4-5-10(13-6-9)14(2)3/h4-6,15H,7-8,12H2,1-3H3. The maximum atomic E-state index is 9.30. The fourth-order valence-corrected chi connectivity index (χ4v) is 1.28. The van der Waals surface area contributed by atoms with Gasteiger partial charge in [-0.1, -0.05) is 13.0 Å². The van der Waals surface area contributed by atoms with Crippen LogP contribution in [0.3, 0.4) is 0 Å². The van der Waals surface area contributed by atoms with E-state index in [1.807, 2.05) is 38.1 Å². The van der Waals surface area contributed by atoms with Gasteiger partial charge in [0.15, 0.2) is 0 Å². The van der Waals surface area contributed by atoms with E-state index in [-0.39, 0.29) is 6.61 Å². The van der Waals surface area contributed by atoms with Gasteiger partial charge in [0, 0.05) is 32.3 Å². The molecule has 0 saturated carbocycles. The van der Waals surface area contributed by atoms with E-state index in [4.69, 9.17) is 5.73 Å². The van der Waals surface area contributed by atoms with Crippen LogP contribution in [0, 0.1) is 0 Å². The summed E-state index contributed by atoms with van der Waals surface area (Å²) in [5.41, 5.74) is 6.23. The number of aliphatic hydroxyl groups excluding tert-OH is 1.